The molecule has 0 saturated heterocycles. The number of imidazole rings is 1. The van der Waals surface area contributed by atoms with Crippen molar-refractivity contribution in [2.45, 2.75) is 6.54 Å². The van der Waals surface area contributed by atoms with Gasteiger partial charge < -0.3 is 15.6 Å². The average molecular weight is 268 g/mol. The molecule has 0 atom stereocenters. The van der Waals surface area contributed by atoms with E-state index in [1.54, 1.807) is 24.4 Å². The normalized spacial score (nSPS) is 9.70. The molecule has 2 aromatic rings. The van der Waals surface area contributed by atoms with E-state index in [1.807, 2.05) is 23.9 Å². The summed E-state index contributed by atoms with van der Waals surface area (Å²) in [6, 6.07) is 7.15. The van der Waals surface area contributed by atoms with Gasteiger partial charge in [-0.25, -0.2) is 4.98 Å². The molecule has 0 aliphatic carbocycles. The van der Waals surface area contributed by atoms with Gasteiger partial charge in [-0.05, 0) is 18.2 Å². The summed E-state index contributed by atoms with van der Waals surface area (Å²) < 4.78 is 1.86. The van der Waals surface area contributed by atoms with Crippen molar-refractivity contribution in [3.63, 3.8) is 0 Å². The largest absolute Gasteiger partial charge is 0.345 e. The quantitative estimate of drug-likeness (QED) is 0.803. The Morgan fingerprint density at radius 3 is 3.05 bits per heavy atom. The molecule has 102 valence electrons. The van der Waals surface area contributed by atoms with Crippen LogP contribution in [0.2, 0.25) is 0 Å². The summed E-state index contributed by atoms with van der Waals surface area (Å²) in [6.45, 7) is 0.691. The van der Waals surface area contributed by atoms with Gasteiger partial charge in [0.1, 0.15) is 5.82 Å². The molecular weight excluding hydrogens is 252 g/mol. The Morgan fingerprint density at radius 2 is 2.35 bits per heavy atom. The van der Waals surface area contributed by atoms with Crippen LogP contribution in [0.25, 0.3) is 0 Å². The van der Waals surface area contributed by atoms with Crippen molar-refractivity contribution in [1.29, 1.82) is 0 Å². The summed E-state index contributed by atoms with van der Waals surface area (Å²) in [5.74, 6) is 6.33. The van der Waals surface area contributed by atoms with Gasteiger partial charge in [0.15, 0.2) is 0 Å². The third kappa shape index (κ3) is 3.46. The molecule has 0 spiro atoms. The van der Waals surface area contributed by atoms with Crippen LogP contribution in [0.3, 0.4) is 0 Å². The molecule has 0 saturated carbocycles. The molecule has 3 N–H and O–H groups in total. The number of carbonyl (C=O) groups excluding carboxylic acids is 1. The first-order chi connectivity index (χ1) is 9.70. The van der Waals surface area contributed by atoms with E-state index in [9.17, 15) is 4.79 Å². The molecule has 5 nitrogen and oxygen atoms in total. The van der Waals surface area contributed by atoms with Crippen LogP contribution in [0.5, 0.6) is 0 Å². The molecule has 1 amide bonds. The molecule has 1 aromatic carbocycles. The van der Waals surface area contributed by atoms with E-state index in [2.05, 4.69) is 22.1 Å². The number of carbonyl (C=O) groups is 1. The van der Waals surface area contributed by atoms with Crippen molar-refractivity contribution in [3.05, 3.63) is 53.6 Å². The highest BCUT2D eigenvalue weighted by Crippen LogP contribution is 2.04. The molecular formula is C15H16N4O. The molecule has 1 aromatic heterocycles. The lowest BCUT2D eigenvalue weighted by Gasteiger charge is -2.05. The molecule has 0 aliphatic heterocycles. The monoisotopic (exact) mass is 268 g/mol. The van der Waals surface area contributed by atoms with Crippen LogP contribution in [-0.4, -0.2) is 22.0 Å². The summed E-state index contributed by atoms with van der Waals surface area (Å²) in [5.41, 5.74) is 6.68. The van der Waals surface area contributed by atoms with E-state index in [0.717, 1.165) is 11.4 Å². The molecule has 0 radical (unpaired) electrons. The standard InChI is InChI=1S/C15H16N4O/c1-19-9-8-17-14(19)11-18-15(20)13-6-2-4-12(10-13)5-3-7-16/h2,4,6,8-10H,7,11,16H2,1H3,(H,18,20). The Kier molecular flexibility index (Phi) is 4.53. The maximum atomic E-state index is 12.1. The number of nitrogens with two attached hydrogens (primary N) is 1. The first kappa shape index (κ1) is 13.8. The molecule has 0 fully saturated rings. The van der Waals surface area contributed by atoms with Gasteiger partial charge in [0.2, 0.25) is 0 Å². The zero-order valence-electron chi connectivity index (χ0n) is 11.3. The molecule has 1 heterocycles. The maximum absolute atomic E-state index is 12.1. The van der Waals surface area contributed by atoms with Crippen molar-refractivity contribution in [2.75, 3.05) is 6.54 Å². The van der Waals surface area contributed by atoms with E-state index in [1.165, 1.54) is 0 Å². The van der Waals surface area contributed by atoms with Crippen LogP contribution in [0.1, 0.15) is 21.7 Å². The number of hydrogen-bond acceptors (Lipinski definition) is 3. The van der Waals surface area contributed by atoms with Crippen LogP contribution in [0, 0.1) is 11.8 Å². The van der Waals surface area contributed by atoms with E-state index < -0.39 is 0 Å². The lowest BCUT2D eigenvalue weighted by Crippen LogP contribution is -2.24. The zero-order valence-corrected chi connectivity index (χ0v) is 11.3. The fourth-order valence-electron chi connectivity index (χ4n) is 1.72. The van der Waals surface area contributed by atoms with Crippen LogP contribution in [-0.2, 0) is 13.6 Å². The van der Waals surface area contributed by atoms with Gasteiger partial charge in [0, 0.05) is 30.6 Å². The van der Waals surface area contributed by atoms with E-state index in [4.69, 9.17) is 5.73 Å². The minimum absolute atomic E-state index is 0.149. The lowest BCUT2D eigenvalue weighted by molar-refractivity contribution is 0.0949. The number of rotatable bonds is 3. The third-order valence-electron chi connectivity index (χ3n) is 2.79. The third-order valence-corrected chi connectivity index (χ3v) is 2.79. The number of benzene rings is 1. The fraction of sp³-hybridized carbons (Fsp3) is 0.200. The molecule has 0 unspecified atom stereocenters. The Balaban J connectivity index is 2.04. The molecule has 5 heteroatoms. The van der Waals surface area contributed by atoms with Crippen molar-refractivity contribution in [3.8, 4) is 11.8 Å². The number of nitrogens with zero attached hydrogens (tertiary/aromatic N) is 2. The number of nitrogens with one attached hydrogen (secondary N) is 1. The van der Waals surface area contributed by atoms with Gasteiger partial charge in [0.05, 0.1) is 13.1 Å². The highest BCUT2D eigenvalue weighted by atomic mass is 16.1. The van der Waals surface area contributed by atoms with Gasteiger partial charge >= 0.3 is 0 Å². The maximum Gasteiger partial charge on any atom is 0.251 e. The van der Waals surface area contributed by atoms with E-state index in [0.29, 0.717) is 18.7 Å². The molecule has 2 rings (SSSR count). The smallest absolute Gasteiger partial charge is 0.251 e. The van der Waals surface area contributed by atoms with Crippen molar-refractivity contribution >= 4 is 5.91 Å². The summed E-state index contributed by atoms with van der Waals surface area (Å²) in [6.07, 6.45) is 3.54. The number of aryl methyl sites for hydroxylation is 1. The summed E-state index contributed by atoms with van der Waals surface area (Å²) >= 11 is 0. The number of amides is 1. The second-order valence-corrected chi connectivity index (χ2v) is 4.22. The predicted molar refractivity (Wildman–Crippen MR) is 76.8 cm³/mol. The van der Waals surface area contributed by atoms with Crippen LogP contribution >= 0.6 is 0 Å². The highest BCUT2D eigenvalue weighted by Gasteiger charge is 2.07. The Bertz CT molecular complexity index is 664. The lowest BCUT2D eigenvalue weighted by atomic mass is 10.1. The average Bonchev–Trinajstić information content (AvgIpc) is 2.88. The zero-order chi connectivity index (χ0) is 14.4. The first-order valence-corrected chi connectivity index (χ1v) is 6.24. The van der Waals surface area contributed by atoms with Crippen molar-refractivity contribution in [2.24, 2.45) is 12.8 Å². The Hall–Kier alpha value is -2.58. The van der Waals surface area contributed by atoms with E-state index in [-0.39, 0.29) is 5.91 Å². The second kappa shape index (κ2) is 6.55. The molecule has 0 bridgehead atoms. The fourth-order valence-corrected chi connectivity index (χ4v) is 1.72. The van der Waals surface area contributed by atoms with Gasteiger partial charge in [-0.3, -0.25) is 4.79 Å². The minimum Gasteiger partial charge on any atom is -0.345 e. The van der Waals surface area contributed by atoms with Gasteiger partial charge in [0.25, 0.3) is 5.91 Å². The minimum atomic E-state index is -0.149. The Morgan fingerprint density at radius 1 is 1.50 bits per heavy atom. The van der Waals surface area contributed by atoms with Gasteiger partial charge in [-0.2, -0.15) is 0 Å². The Labute approximate surface area is 117 Å². The van der Waals surface area contributed by atoms with Crippen LogP contribution in [0.4, 0.5) is 0 Å². The molecule has 0 aliphatic rings. The van der Waals surface area contributed by atoms with Crippen molar-refractivity contribution in [1.82, 2.24) is 14.9 Å². The van der Waals surface area contributed by atoms with Gasteiger partial charge in [-0.15, -0.1) is 0 Å². The van der Waals surface area contributed by atoms with Gasteiger partial charge in [-0.1, -0.05) is 17.9 Å². The topological polar surface area (TPSA) is 72.9 Å². The van der Waals surface area contributed by atoms with E-state index >= 15 is 0 Å². The summed E-state index contributed by atoms with van der Waals surface area (Å²) in [7, 11) is 1.89. The molecule has 20 heavy (non-hydrogen) atoms. The second-order valence-electron chi connectivity index (χ2n) is 4.22. The highest BCUT2D eigenvalue weighted by molar-refractivity contribution is 5.94. The number of hydrogen-bond donors (Lipinski definition) is 2. The summed E-state index contributed by atoms with van der Waals surface area (Å²) in [4.78, 5) is 16.2. The number of aromatic nitrogens is 2. The summed E-state index contributed by atoms with van der Waals surface area (Å²) in [5, 5.41) is 2.83. The van der Waals surface area contributed by atoms with Crippen LogP contribution < -0.4 is 11.1 Å². The first-order valence-electron chi connectivity index (χ1n) is 6.24. The SMILES string of the molecule is Cn1ccnc1CNC(=O)c1cccc(C#CCN)c1. The predicted octanol–water partition coefficient (Wildman–Crippen LogP) is 0.660. The van der Waals surface area contributed by atoms with Crippen LogP contribution in [0.15, 0.2) is 36.7 Å². The van der Waals surface area contributed by atoms with Crippen molar-refractivity contribution < 1.29 is 4.79 Å².